The zero-order valence-corrected chi connectivity index (χ0v) is 22.8. The van der Waals surface area contributed by atoms with E-state index >= 15 is 0 Å². The largest absolute Gasteiger partial charge is 0.455 e. The molecule has 11 nitrogen and oxygen atoms in total. The van der Waals surface area contributed by atoms with Crippen LogP contribution in [0, 0.1) is 13.8 Å². The molecule has 0 saturated heterocycles. The van der Waals surface area contributed by atoms with Crippen LogP contribution < -0.4 is 26.0 Å². The van der Waals surface area contributed by atoms with Crippen LogP contribution in [0.4, 0.5) is 17.2 Å². The van der Waals surface area contributed by atoms with Crippen LogP contribution in [0.3, 0.4) is 0 Å². The van der Waals surface area contributed by atoms with E-state index in [4.69, 9.17) is 9.47 Å². The molecule has 0 unspecified atom stereocenters. The lowest BCUT2D eigenvalue weighted by atomic mass is 10.1. The van der Waals surface area contributed by atoms with Gasteiger partial charge < -0.3 is 30.7 Å². The average molecular weight is 544 g/mol. The van der Waals surface area contributed by atoms with Crippen LogP contribution in [0.1, 0.15) is 17.7 Å². The molecule has 0 aliphatic rings. The van der Waals surface area contributed by atoms with E-state index in [1.807, 2.05) is 56.3 Å². The Morgan fingerprint density at radius 3 is 2.52 bits per heavy atom. The number of hydrogen-bond acceptors (Lipinski definition) is 9. The molecule has 40 heavy (non-hydrogen) atoms. The highest BCUT2D eigenvalue weighted by molar-refractivity contribution is 5.97. The average Bonchev–Trinajstić information content (AvgIpc) is 2.94. The molecule has 2 heterocycles. The fourth-order valence-electron chi connectivity index (χ4n) is 3.83. The topological polar surface area (TPSA) is 139 Å². The van der Waals surface area contributed by atoms with Crippen molar-refractivity contribution in [3.05, 3.63) is 72.3 Å². The van der Waals surface area contributed by atoms with Crippen LogP contribution in [0.15, 0.2) is 61.1 Å². The lowest BCUT2D eigenvalue weighted by molar-refractivity contribution is -0.120. The van der Waals surface area contributed by atoms with Crippen LogP contribution in [0.2, 0.25) is 0 Å². The number of nitrogens with one attached hydrogen (secondary N) is 4. The minimum atomic E-state index is -0.214. The number of pyridine rings is 1. The maximum absolute atomic E-state index is 12.5. The number of amides is 2. The molecule has 0 bridgehead atoms. The molecule has 0 radical (unpaired) electrons. The van der Waals surface area contributed by atoms with Gasteiger partial charge in [-0.05, 0) is 67.9 Å². The summed E-state index contributed by atoms with van der Waals surface area (Å²) in [5, 5.41) is 12.6. The van der Waals surface area contributed by atoms with Crippen LogP contribution in [-0.2, 0) is 14.3 Å². The first kappa shape index (κ1) is 28.4. The lowest BCUT2D eigenvalue weighted by Crippen LogP contribution is -2.36. The van der Waals surface area contributed by atoms with Crippen molar-refractivity contribution in [3.63, 3.8) is 0 Å². The zero-order chi connectivity index (χ0) is 28.3. The number of benzene rings is 2. The monoisotopic (exact) mass is 543 g/mol. The number of rotatable bonds is 13. The van der Waals surface area contributed by atoms with Gasteiger partial charge in [0.15, 0.2) is 0 Å². The molecule has 0 spiro atoms. The standard InChI is InChI=1S/C29H33N7O4/c1-19-14-21(6-9-26(19)40-23-7-4-20(2)32-16-23)36-29-24-15-22(5-8-25(24)33-18-34-29)35-27(37)10-11-31-28(38)17-30-12-13-39-3/h4-9,14-16,18,30H,10-13,17H2,1-3H3,(H,31,38)(H,35,37)(H,33,34,36). The van der Waals surface area contributed by atoms with Gasteiger partial charge >= 0.3 is 0 Å². The first-order valence-corrected chi connectivity index (χ1v) is 12.9. The molecular formula is C29H33N7O4. The maximum atomic E-state index is 12.5. The Morgan fingerprint density at radius 1 is 0.900 bits per heavy atom. The third kappa shape index (κ3) is 8.19. The lowest BCUT2D eigenvalue weighted by Gasteiger charge is -2.13. The molecular weight excluding hydrogens is 510 g/mol. The van der Waals surface area contributed by atoms with Gasteiger partial charge in [0.2, 0.25) is 11.8 Å². The van der Waals surface area contributed by atoms with Crippen molar-refractivity contribution in [2.45, 2.75) is 20.3 Å². The predicted octanol–water partition coefficient (Wildman–Crippen LogP) is 3.86. The summed E-state index contributed by atoms with van der Waals surface area (Å²) in [6.07, 6.45) is 3.33. The van der Waals surface area contributed by atoms with Crippen LogP contribution in [0.25, 0.3) is 10.9 Å². The van der Waals surface area contributed by atoms with Gasteiger partial charge in [0.05, 0.1) is 24.9 Å². The van der Waals surface area contributed by atoms with Gasteiger partial charge in [0.1, 0.15) is 23.6 Å². The minimum absolute atomic E-state index is 0.143. The van der Waals surface area contributed by atoms with E-state index in [-0.39, 0.29) is 31.3 Å². The molecule has 0 fully saturated rings. The highest BCUT2D eigenvalue weighted by atomic mass is 16.5. The van der Waals surface area contributed by atoms with Gasteiger partial charge in [-0.25, -0.2) is 9.97 Å². The van der Waals surface area contributed by atoms with E-state index in [1.54, 1.807) is 19.4 Å². The van der Waals surface area contributed by atoms with E-state index in [9.17, 15) is 9.59 Å². The SMILES string of the molecule is COCCNCC(=O)NCCC(=O)Nc1ccc2ncnc(Nc3ccc(Oc4ccc(C)nc4)c(C)c3)c2c1. The summed E-state index contributed by atoms with van der Waals surface area (Å²) in [5.41, 5.74) is 4.03. The smallest absolute Gasteiger partial charge is 0.233 e. The van der Waals surface area contributed by atoms with Gasteiger partial charge in [0, 0.05) is 49.1 Å². The Kier molecular flexibility index (Phi) is 9.92. The second kappa shape index (κ2) is 14.0. The van der Waals surface area contributed by atoms with Gasteiger partial charge in [-0.15, -0.1) is 0 Å². The molecule has 11 heteroatoms. The van der Waals surface area contributed by atoms with Crippen molar-refractivity contribution < 1.29 is 19.1 Å². The number of nitrogens with zero attached hydrogens (tertiary/aromatic N) is 3. The second-order valence-electron chi connectivity index (χ2n) is 9.11. The van der Waals surface area contributed by atoms with Gasteiger partial charge in [-0.2, -0.15) is 0 Å². The summed E-state index contributed by atoms with van der Waals surface area (Å²) in [4.78, 5) is 37.3. The Morgan fingerprint density at radius 2 is 1.75 bits per heavy atom. The molecule has 2 amide bonds. The fraction of sp³-hybridized carbons (Fsp3) is 0.276. The summed E-state index contributed by atoms with van der Waals surface area (Å²) in [6.45, 7) is 5.41. The fourth-order valence-corrected chi connectivity index (χ4v) is 3.83. The molecule has 2 aromatic heterocycles. The summed E-state index contributed by atoms with van der Waals surface area (Å²) in [5.74, 6) is 1.61. The highest BCUT2D eigenvalue weighted by Gasteiger charge is 2.10. The number of carbonyl (C=O) groups is 2. The van der Waals surface area contributed by atoms with E-state index in [1.165, 1.54) is 6.33 Å². The number of carbonyl (C=O) groups excluding carboxylic acids is 2. The highest BCUT2D eigenvalue weighted by Crippen LogP contribution is 2.30. The molecule has 0 atom stereocenters. The van der Waals surface area contributed by atoms with Gasteiger partial charge in [-0.1, -0.05) is 0 Å². The molecule has 0 saturated carbocycles. The van der Waals surface area contributed by atoms with E-state index in [0.717, 1.165) is 33.6 Å². The Hall–Kier alpha value is -4.61. The first-order chi connectivity index (χ1) is 19.4. The van der Waals surface area contributed by atoms with Crippen LogP contribution in [0.5, 0.6) is 11.5 Å². The van der Waals surface area contributed by atoms with Crippen LogP contribution >= 0.6 is 0 Å². The number of hydrogen-bond donors (Lipinski definition) is 4. The van der Waals surface area contributed by atoms with Crippen molar-refractivity contribution in [2.24, 2.45) is 0 Å². The summed E-state index contributed by atoms with van der Waals surface area (Å²) < 4.78 is 10.9. The summed E-state index contributed by atoms with van der Waals surface area (Å²) >= 11 is 0. The predicted molar refractivity (Wildman–Crippen MR) is 154 cm³/mol. The van der Waals surface area contributed by atoms with Crippen molar-refractivity contribution in [1.82, 2.24) is 25.6 Å². The van der Waals surface area contributed by atoms with Gasteiger partial charge in [0.25, 0.3) is 0 Å². The van der Waals surface area contributed by atoms with Gasteiger partial charge in [-0.3, -0.25) is 14.6 Å². The maximum Gasteiger partial charge on any atom is 0.233 e. The normalized spacial score (nSPS) is 10.8. The molecule has 0 aliphatic carbocycles. The Bertz CT molecular complexity index is 1460. The number of anilines is 3. The molecule has 4 rings (SSSR count). The Balaban J connectivity index is 1.36. The van der Waals surface area contributed by atoms with Crippen molar-refractivity contribution >= 4 is 39.9 Å². The number of ether oxygens (including phenoxy) is 2. The van der Waals surface area contributed by atoms with E-state index in [0.29, 0.717) is 30.4 Å². The number of aryl methyl sites for hydroxylation is 2. The van der Waals surface area contributed by atoms with Crippen molar-refractivity contribution in [2.75, 3.05) is 44.0 Å². The van der Waals surface area contributed by atoms with E-state index in [2.05, 4.69) is 36.2 Å². The summed E-state index contributed by atoms with van der Waals surface area (Å²) in [6, 6.07) is 15.0. The quantitative estimate of drug-likeness (QED) is 0.185. The van der Waals surface area contributed by atoms with Crippen molar-refractivity contribution in [1.29, 1.82) is 0 Å². The number of fused-ring (bicyclic) bond motifs is 1. The molecule has 2 aromatic carbocycles. The minimum Gasteiger partial charge on any atom is -0.455 e. The van der Waals surface area contributed by atoms with E-state index < -0.39 is 0 Å². The molecule has 4 N–H and O–H groups in total. The third-order valence-corrected chi connectivity index (χ3v) is 5.91. The second-order valence-corrected chi connectivity index (χ2v) is 9.11. The molecule has 208 valence electrons. The number of aromatic nitrogens is 3. The zero-order valence-electron chi connectivity index (χ0n) is 22.8. The molecule has 0 aliphatic heterocycles. The first-order valence-electron chi connectivity index (χ1n) is 12.9. The van der Waals surface area contributed by atoms with Crippen molar-refractivity contribution in [3.8, 4) is 11.5 Å². The third-order valence-electron chi connectivity index (χ3n) is 5.91. The Labute approximate surface area is 232 Å². The number of methoxy groups -OCH3 is 1. The van der Waals surface area contributed by atoms with Crippen LogP contribution in [-0.4, -0.2) is 60.1 Å². The summed E-state index contributed by atoms with van der Waals surface area (Å²) in [7, 11) is 1.60. The molecule has 4 aromatic rings.